The van der Waals surface area contributed by atoms with Gasteiger partial charge in [0, 0.05) is 13.1 Å². The van der Waals surface area contributed by atoms with Gasteiger partial charge in [0.1, 0.15) is 0 Å². The molecule has 0 aliphatic rings. The molecule has 0 aliphatic heterocycles. The second kappa shape index (κ2) is 31.3. The summed E-state index contributed by atoms with van der Waals surface area (Å²) in [4.78, 5) is 40.2. The Bertz CT molecular complexity index is 787. The van der Waals surface area contributed by atoms with E-state index in [9.17, 15) is 19.2 Å². The van der Waals surface area contributed by atoms with Gasteiger partial charge in [0.2, 0.25) is 0 Å². The van der Waals surface area contributed by atoms with E-state index in [0.29, 0.717) is 19.1 Å². The van der Waals surface area contributed by atoms with Crippen LogP contribution >= 0.6 is 0 Å². The Labute approximate surface area is 329 Å². The standard InChI is InChI=1S/C12H36N2O5Si4.C10H31NO5Si4.8CH4/c1-20(2,15)17-22(5,6)19-23(7,18-21(3,4)16)12-8-10-14-11-9-13;1-17(2,12)14-19(5,6)16-20(7,10-8-9-11)15-18(3,4)13;;;;;;;;/h14-16H,8-13H2,1-7H3;12-13H,8-11H2,1-7H3;8*1H4. The zero-order chi connectivity index (χ0) is 34.6. The lowest BCUT2D eigenvalue weighted by atomic mass is 10.5. The molecular weight excluding hydrogens is 787 g/mol. The van der Waals surface area contributed by atoms with Crippen molar-refractivity contribution >= 4 is 68.5 Å². The molecule has 0 aromatic rings. The van der Waals surface area contributed by atoms with Crippen molar-refractivity contribution in [1.29, 1.82) is 0 Å². The van der Waals surface area contributed by atoms with Crippen molar-refractivity contribution in [3.8, 4) is 0 Å². The highest BCUT2D eigenvalue weighted by Crippen LogP contribution is 2.27. The summed E-state index contributed by atoms with van der Waals surface area (Å²) in [6, 6.07) is 1.47. The Balaban J connectivity index is -0.0000000717. The van der Waals surface area contributed by atoms with Gasteiger partial charge in [0.25, 0.3) is 0 Å². The van der Waals surface area contributed by atoms with E-state index >= 15 is 0 Å². The van der Waals surface area contributed by atoms with E-state index in [-0.39, 0.29) is 59.4 Å². The molecule has 2 unspecified atom stereocenters. The Hall–Kier alpha value is 1.22. The van der Waals surface area contributed by atoms with E-state index in [4.69, 9.17) is 36.2 Å². The molecule has 0 spiro atoms. The molecule has 51 heavy (non-hydrogen) atoms. The van der Waals surface area contributed by atoms with Crippen LogP contribution in [0.1, 0.15) is 72.3 Å². The summed E-state index contributed by atoms with van der Waals surface area (Å²) in [7, 11) is -20.9. The van der Waals surface area contributed by atoms with E-state index in [1.54, 1.807) is 52.4 Å². The minimum atomic E-state index is -2.71. The first-order chi connectivity index (χ1) is 18.9. The quantitative estimate of drug-likeness (QED) is 0.0436. The van der Waals surface area contributed by atoms with Crippen LogP contribution in [-0.2, 0) is 24.7 Å². The molecule has 0 radical (unpaired) electrons. The first-order valence-electron chi connectivity index (χ1n) is 15.1. The topological polar surface area (TPSA) is 200 Å². The lowest BCUT2D eigenvalue weighted by Gasteiger charge is -2.40. The average molecular weight is 887 g/mol. The van der Waals surface area contributed by atoms with Gasteiger partial charge in [0.05, 0.1) is 0 Å². The molecule has 21 heteroatoms. The SMILES string of the molecule is C.C.C.C.C.C.C.C.C[Si](C)(O)O[Si](C)(C)O[Si](C)(CCCN)O[Si](C)(C)O.C[Si](C)(O)O[Si](C)(C)O[Si](C)(CCCNCCN)O[Si](C)(C)O. The second-order valence-corrected chi connectivity index (χ2v) is 41.6. The van der Waals surface area contributed by atoms with Gasteiger partial charge in [-0.1, -0.05) is 59.4 Å². The number of rotatable bonds is 21. The van der Waals surface area contributed by atoms with Crippen LogP contribution in [0, 0.1) is 0 Å². The first kappa shape index (κ1) is 76.9. The van der Waals surface area contributed by atoms with E-state index in [0.717, 1.165) is 32.0 Å². The fourth-order valence-electron chi connectivity index (χ4n) is 4.77. The van der Waals surface area contributed by atoms with Crippen LogP contribution in [-0.4, -0.2) is 114 Å². The zero-order valence-electron chi connectivity index (χ0n) is 29.5. The molecule has 0 aromatic carbocycles. The van der Waals surface area contributed by atoms with Crippen molar-refractivity contribution in [2.24, 2.45) is 11.5 Å². The molecule has 13 nitrogen and oxygen atoms in total. The van der Waals surface area contributed by atoms with E-state index in [1.807, 2.05) is 39.3 Å². The molecule has 0 fully saturated rings. The second-order valence-electron chi connectivity index (χ2n) is 14.0. The molecule has 0 rings (SSSR count). The predicted molar refractivity (Wildman–Crippen MR) is 247 cm³/mol. The number of hydrogen-bond acceptors (Lipinski definition) is 13. The third-order valence-electron chi connectivity index (χ3n) is 4.99. The summed E-state index contributed by atoms with van der Waals surface area (Å²) < 4.78 is 36.1. The Morgan fingerprint density at radius 3 is 0.902 bits per heavy atom. The van der Waals surface area contributed by atoms with Crippen molar-refractivity contribution in [2.75, 3.05) is 26.2 Å². The van der Waals surface area contributed by atoms with Crippen LogP contribution in [0.5, 0.6) is 0 Å². The minimum absolute atomic E-state index is 0. The van der Waals surface area contributed by atoms with Crippen LogP contribution in [0.4, 0.5) is 0 Å². The van der Waals surface area contributed by atoms with Crippen molar-refractivity contribution in [1.82, 2.24) is 5.32 Å². The van der Waals surface area contributed by atoms with Crippen molar-refractivity contribution in [3.05, 3.63) is 0 Å². The Kier molecular flexibility index (Phi) is 47.2. The molecular formula is C30H99N3O10Si8. The maximum atomic E-state index is 10.2. The predicted octanol–water partition coefficient (Wildman–Crippen LogP) is 7.77. The molecule has 326 valence electrons. The van der Waals surface area contributed by atoms with Gasteiger partial charge in [0.15, 0.2) is 0 Å². The van der Waals surface area contributed by atoms with Gasteiger partial charge < -0.3 is 60.7 Å². The molecule has 2 atom stereocenters. The van der Waals surface area contributed by atoms with E-state index < -0.39 is 68.5 Å². The fraction of sp³-hybridized carbons (Fsp3) is 1.00. The van der Waals surface area contributed by atoms with Crippen LogP contribution in [0.15, 0.2) is 0 Å². The molecule has 9 N–H and O–H groups in total. The Morgan fingerprint density at radius 1 is 0.392 bits per heavy atom. The molecule has 0 bridgehead atoms. The molecule has 0 heterocycles. The van der Waals surface area contributed by atoms with Gasteiger partial charge in [-0.05, 0) is 130 Å². The number of nitrogens with two attached hydrogens (primary N) is 2. The van der Waals surface area contributed by atoms with Crippen molar-refractivity contribution in [3.63, 3.8) is 0 Å². The van der Waals surface area contributed by atoms with Gasteiger partial charge in [-0.3, -0.25) is 0 Å². The monoisotopic (exact) mass is 886 g/mol. The van der Waals surface area contributed by atoms with Crippen molar-refractivity contribution < 1.29 is 43.9 Å². The highest BCUT2D eigenvalue weighted by molar-refractivity contribution is 6.88. The third-order valence-corrected chi connectivity index (χ3v) is 30.3. The molecule has 0 amide bonds. The normalized spacial score (nSPS) is 14.1. The third kappa shape index (κ3) is 49.2. The largest absolute Gasteiger partial charge is 0.416 e. The van der Waals surface area contributed by atoms with E-state index in [1.165, 1.54) is 0 Å². The smallest absolute Gasteiger partial charge is 0.320 e. The highest BCUT2D eigenvalue weighted by atomic mass is 28.5. The average Bonchev–Trinajstić information content (AvgIpc) is 2.64. The molecule has 0 aliphatic carbocycles. The summed E-state index contributed by atoms with van der Waals surface area (Å²) in [5.41, 5.74) is 11.0. The van der Waals surface area contributed by atoms with Crippen LogP contribution in [0.2, 0.25) is 104 Å². The summed E-state index contributed by atoms with van der Waals surface area (Å²) in [6.45, 7) is 28.2. The number of nitrogens with one attached hydrogen (secondary N) is 1. The van der Waals surface area contributed by atoms with Gasteiger partial charge in [-0.2, -0.15) is 0 Å². The summed E-state index contributed by atoms with van der Waals surface area (Å²) in [5, 5.41) is 3.25. The maximum absolute atomic E-state index is 10.2. The molecule has 0 aromatic heterocycles. The van der Waals surface area contributed by atoms with Crippen LogP contribution in [0.25, 0.3) is 0 Å². The molecule has 0 saturated carbocycles. The van der Waals surface area contributed by atoms with E-state index in [2.05, 4.69) is 5.32 Å². The highest BCUT2D eigenvalue weighted by Gasteiger charge is 2.47. The maximum Gasteiger partial charge on any atom is 0.320 e. The van der Waals surface area contributed by atoms with Gasteiger partial charge >= 0.3 is 68.5 Å². The lowest BCUT2D eigenvalue weighted by Crippen LogP contribution is -2.58. The van der Waals surface area contributed by atoms with Crippen LogP contribution in [0.3, 0.4) is 0 Å². The summed E-state index contributed by atoms with van der Waals surface area (Å²) >= 11 is 0. The van der Waals surface area contributed by atoms with Crippen LogP contribution < -0.4 is 16.8 Å². The minimum Gasteiger partial charge on any atom is -0.416 e. The van der Waals surface area contributed by atoms with Gasteiger partial charge in [-0.25, -0.2) is 0 Å². The summed E-state index contributed by atoms with van der Waals surface area (Å²) in [6.07, 6.45) is 1.68. The fourth-order valence-corrected chi connectivity index (χ4v) is 36.6. The molecule has 0 saturated heterocycles. The van der Waals surface area contributed by atoms with Gasteiger partial charge in [-0.15, -0.1) is 0 Å². The first-order valence-corrected chi connectivity index (χ1v) is 37.2. The Morgan fingerprint density at radius 2 is 0.667 bits per heavy atom. The summed E-state index contributed by atoms with van der Waals surface area (Å²) in [5.74, 6) is 0. The van der Waals surface area contributed by atoms with Crippen molar-refractivity contribution in [2.45, 2.75) is 176 Å². The number of hydrogen-bond donors (Lipinski definition) is 7. The zero-order valence-corrected chi connectivity index (χ0v) is 37.5. The lowest BCUT2D eigenvalue weighted by molar-refractivity contribution is 0.269.